The van der Waals surface area contributed by atoms with Crippen molar-refractivity contribution in [1.29, 1.82) is 0 Å². The summed E-state index contributed by atoms with van der Waals surface area (Å²) in [5.41, 5.74) is 0.686. The summed E-state index contributed by atoms with van der Waals surface area (Å²) in [6, 6.07) is 0. The number of hydrogen-bond donors (Lipinski definition) is 1. The monoisotopic (exact) mass is 467 g/mol. The quantitative estimate of drug-likeness (QED) is 0.224. The Labute approximate surface area is 153 Å². The molecule has 4 nitrogen and oxygen atoms in total. The van der Waals surface area contributed by atoms with Crippen molar-refractivity contribution in [2.75, 3.05) is 5.32 Å². The first-order valence-electron chi connectivity index (χ1n) is 7.30. The Balaban J connectivity index is 1.98. The van der Waals surface area contributed by atoms with Crippen LogP contribution in [0.2, 0.25) is 0 Å². The molecule has 0 aliphatic carbocycles. The molecule has 1 N–H and O–H groups in total. The second-order valence-corrected chi connectivity index (χ2v) is 8.21. The van der Waals surface area contributed by atoms with E-state index in [1.54, 1.807) is 6.21 Å². The molecule has 25 heavy (non-hydrogen) atoms. The fourth-order valence-electron chi connectivity index (χ4n) is 1.95. The molecule has 2 heterocycles. The normalized spacial score (nSPS) is 19.6. The summed E-state index contributed by atoms with van der Waals surface area (Å²) in [6.45, 7) is 5.16. The maximum atomic E-state index is 13.8. The number of nitrogens with zero attached hydrogens (tertiary/aromatic N) is 3. The third kappa shape index (κ3) is 5.91. The van der Waals surface area contributed by atoms with E-state index in [4.69, 9.17) is 0 Å². The Morgan fingerprint density at radius 1 is 1.40 bits per heavy atom. The van der Waals surface area contributed by atoms with Crippen LogP contribution in [-0.4, -0.2) is 32.6 Å². The Kier molecular flexibility index (Phi) is 6.68. The maximum absolute atomic E-state index is 13.8. The van der Waals surface area contributed by atoms with Gasteiger partial charge in [0, 0.05) is 0 Å². The van der Waals surface area contributed by atoms with E-state index >= 15 is 0 Å². The topological polar surface area (TPSA) is 50.2 Å². The molecule has 2 unspecified atom stereocenters. The number of hydrogen-bond acceptors (Lipinski definition) is 4. The van der Waals surface area contributed by atoms with Crippen LogP contribution in [0.15, 0.2) is 46.0 Å². The zero-order chi connectivity index (χ0) is 18.4. The van der Waals surface area contributed by atoms with Crippen molar-refractivity contribution in [3.8, 4) is 0 Å². The predicted octanol–water partition coefficient (Wildman–Crippen LogP) is 1.11. The number of anilines is 1. The van der Waals surface area contributed by atoms with Crippen LogP contribution in [0.1, 0.15) is 18.9 Å². The first-order chi connectivity index (χ1) is 11.8. The van der Waals surface area contributed by atoms with Gasteiger partial charge in [0.15, 0.2) is 0 Å². The van der Waals surface area contributed by atoms with Gasteiger partial charge in [-0.15, -0.1) is 0 Å². The SMILES string of the molecule is C=C/C(=C\CC(F)Nc1ncc(C2=CC(C)[I-]N=C2)cn1)C(F)(F)F. The molecule has 0 fully saturated rings. The summed E-state index contributed by atoms with van der Waals surface area (Å²) in [4.78, 5) is 7.99. The summed E-state index contributed by atoms with van der Waals surface area (Å²) in [5.74, 6) is 0.00522. The summed E-state index contributed by atoms with van der Waals surface area (Å²) in [6.07, 6.45) is 1.53. The fourth-order valence-corrected chi connectivity index (χ4v) is 3.47. The van der Waals surface area contributed by atoms with Crippen LogP contribution in [0.5, 0.6) is 0 Å². The summed E-state index contributed by atoms with van der Waals surface area (Å²) >= 11 is -0.208. The molecular weight excluding hydrogens is 451 g/mol. The van der Waals surface area contributed by atoms with Gasteiger partial charge in [0.1, 0.15) is 0 Å². The number of alkyl halides is 5. The number of rotatable bonds is 6. The molecule has 2 rings (SSSR count). The molecule has 1 aromatic heterocycles. The molecule has 1 aromatic rings. The number of halogens is 5. The van der Waals surface area contributed by atoms with Gasteiger partial charge in [0.05, 0.1) is 0 Å². The van der Waals surface area contributed by atoms with Crippen LogP contribution in [0.25, 0.3) is 5.57 Å². The Morgan fingerprint density at radius 2 is 2.08 bits per heavy atom. The van der Waals surface area contributed by atoms with Gasteiger partial charge in [-0.05, 0) is 0 Å². The molecule has 0 aromatic carbocycles. The van der Waals surface area contributed by atoms with Crippen molar-refractivity contribution >= 4 is 17.7 Å². The van der Waals surface area contributed by atoms with E-state index in [9.17, 15) is 17.6 Å². The number of aromatic nitrogens is 2. The standard InChI is InChI=1S/C16H16F4IN4/c1-3-13(16(18,19)20)4-5-14(17)25-15-22-7-12(8-23-15)11-6-10(2)21-24-9-11/h3-4,6-10,14H,1,5H2,2H3,(H,22,23,25)/q-1/b13-4+. The van der Waals surface area contributed by atoms with Crippen molar-refractivity contribution in [3.63, 3.8) is 0 Å². The average molecular weight is 467 g/mol. The molecule has 0 saturated carbocycles. The van der Waals surface area contributed by atoms with Gasteiger partial charge in [-0.2, -0.15) is 13.2 Å². The van der Waals surface area contributed by atoms with E-state index in [1.807, 2.05) is 0 Å². The predicted molar refractivity (Wildman–Crippen MR) is 85.4 cm³/mol. The van der Waals surface area contributed by atoms with E-state index in [2.05, 4.69) is 38.1 Å². The molecule has 9 heteroatoms. The fraction of sp³-hybridized carbons (Fsp3) is 0.312. The molecule has 1 aliphatic rings. The number of nitrogens with one attached hydrogen (secondary N) is 1. The Bertz CT molecular complexity index is 695. The van der Waals surface area contributed by atoms with Gasteiger partial charge in [-0.25, -0.2) is 0 Å². The van der Waals surface area contributed by atoms with Crippen molar-refractivity contribution in [1.82, 2.24) is 9.97 Å². The van der Waals surface area contributed by atoms with Gasteiger partial charge in [-0.1, -0.05) is 12.7 Å². The first-order valence-corrected chi connectivity index (χ1v) is 9.51. The van der Waals surface area contributed by atoms with Crippen LogP contribution in [-0.2, 0) is 0 Å². The van der Waals surface area contributed by atoms with Gasteiger partial charge >= 0.3 is 128 Å². The first kappa shape index (κ1) is 19.5. The van der Waals surface area contributed by atoms with E-state index in [0.29, 0.717) is 10.0 Å². The largest absolute Gasteiger partial charge is 0.416 e. The maximum Gasteiger partial charge on any atom is 0.416 e. The minimum Gasteiger partial charge on any atom is -0.166 e. The average Bonchev–Trinajstić information content (AvgIpc) is 2.55. The number of allylic oxidation sites excluding steroid dienone is 4. The third-order valence-corrected chi connectivity index (χ3v) is 5.01. The minimum atomic E-state index is -4.55. The van der Waals surface area contributed by atoms with Crippen LogP contribution >= 0.6 is 0 Å². The summed E-state index contributed by atoms with van der Waals surface area (Å²) in [7, 11) is 0. The van der Waals surface area contributed by atoms with Crippen molar-refractivity contribution in [2.45, 2.75) is 29.7 Å². The molecule has 136 valence electrons. The molecule has 0 spiro atoms. The molecule has 0 amide bonds. The second kappa shape index (κ2) is 8.54. The molecule has 1 aliphatic heterocycles. The van der Waals surface area contributed by atoms with E-state index in [-0.39, 0.29) is 27.4 Å². The molecule has 0 bridgehead atoms. The zero-order valence-corrected chi connectivity index (χ0v) is 15.4. The van der Waals surface area contributed by atoms with E-state index in [0.717, 1.165) is 17.2 Å². The van der Waals surface area contributed by atoms with Gasteiger partial charge in [0.2, 0.25) is 0 Å². The van der Waals surface area contributed by atoms with Crippen molar-refractivity contribution in [3.05, 3.63) is 48.3 Å². The molecule has 0 saturated heterocycles. The molecular formula is C16H16F4IN4-. The third-order valence-electron chi connectivity index (χ3n) is 3.17. The summed E-state index contributed by atoms with van der Waals surface area (Å²) < 4.78 is 56.1. The van der Waals surface area contributed by atoms with Crippen LogP contribution in [0.3, 0.4) is 0 Å². The van der Waals surface area contributed by atoms with Crippen molar-refractivity contribution in [2.24, 2.45) is 3.21 Å². The molecule has 2 atom stereocenters. The molecule has 0 radical (unpaired) electrons. The van der Waals surface area contributed by atoms with E-state index in [1.165, 1.54) is 12.4 Å². The zero-order valence-electron chi connectivity index (χ0n) is 13.3. The van der Waals surface area contributed by atoms with Crippen LogP contribution in [0, 0.1) is 0 Å². The van der Waals surface area contributed by atoms with Gasteiger partial charge < -0.3 is 0 Å². The van der Waals surface area contributed by atoms with Crippen LogP contribution < -0.4 is 26.8 Å². The van der Waals surface area contributed by atoms with Gasteiger partial charge in [0.25, 0.3) is 0 Å². The second-order valence-electron chi connectivity index (χ2n) is 5.13. The summed E-state index contributed by atoms with van der Waals surface area (Å²) in [5, 5.41) is 2.33. The minimum absolute atomic E-state index is 0.00522. The van der Waals surface area contributed by atoms with Crippen molar-refractivity contribution < 1.29 is 39.0 Å². The Morgan fingerprint density at radius 3 is 2.64 bits per heavy atom. The van der Waals surface area contributed by atoms with Crippen LogP contribution in [0.4, 0.5) is 23.5 Å². The van der Waals surface area contributed by atoms with Gasteiger partial charge in [-0.3, -0.25) is 0 Å². The Hall–Kier alpha value is -1.78. The smallest absolute Gasteiger partial charge is 0.166 e. The van der Waals surface area contributed by atoms with E-state index < -0.39 is 24.5 Å².